The van der Waals surface area contributed by atoms with Crippen molar-refractivity contribution in [2.75, 3.05) is 0 Å². The molecule has 0 spiro atoms. The average Bonchev–Trinajstić information content (AvgIpc) is 3.49. The first-order valence-electron chi connectivity index (χ1n) is 11.0. The van der Waals surface area contributed by atoms with Crippen LogP contribution in [0.25, 0.3) is 0 Å². The highest BCUT2D eigenvalue weighted by Gasteiger charge is 2.35. The molecule has 0 bridgehead atoms. The molecule has 2 aliphatic rings. The Kier molecular flexibility index (Phi) is 12.9. The summed E-state index contributed by atoms with van der Waals surface area (Å²) in [6, 6.07) is 0. The van der Waals surface area contributed by atoms with Crippen molar-refractivity contribution >= 4 is 0 Å². The smallest absolute Gasteiger partial charge is 0.0841 e. The molecule has 0 aromatic rings. The molecule has 0 aliphatic carbocycles. The molecule has 144 valence electrons. The van der Waals surface area contributed by atoms with Crippen LogP contribution in [0.1, 0.15) is 118 Å². The molecule has 0 aromatic heterocycles. The summed E-state index contributed by atoms with van der Waals surface area (Å²) in [5.41, 5.74) is 0. The molecule has 2 saturated heterocycles. The van der Waals surface area contributed by atoms with Gasteiger partial charge in [0.05, 0.1) is 24.4 Å². The molecule has 0 aromatic carbocycles. The van der Waals surface area contributed by atoms with Crippen molar-refractivity contribution in [3.8, 4) is 0 Å². The van der Waals surface area contributed by atoms with Gasteiger partial charge in [-0.05, 0) is 26.2 Å². The SMILES string of the molecule is CCCCCCCC1OC1CC.CCCCCCCCC1OC1C. The summed E-state index contributed by atoms with van der Waals surface area (Å²) in [6.07, 6.45) is 21.6. The molecule has 0 amide bonds. The number of rotatable bonds is 14. The van der Waals surface area contributed by atoms with Crippen molar-refractivity contribution in [3.05, 3.63) is 0 Å². The summed E-state index contributed by atoms with van der Waals surface area (Å²) >= 11 is 0. The minimum absolute atomic E-state index is 0.570. The normalized spacial score (nSPS) is 27.5. The summed E-state index contributed by atoms with van der Waals surface area (Å²) in [6.45, 7) is 8.90. The van der Waals surface area contributed by atoms with E-state index in [-0.39, 0.29) is 0 Å². The van der Waals surface area contributed by atoms with Crippen LogP contribution in [0.15, 0.2) is 0 Å². The standard InChI is InChI=1S/2C11H22O/c1-3-4-5-6-7-8-9-11-10(2)12-11;1-3-5-6-7-8-9-11-10(4-2)12-11/h2*10-11H,3-9H2,1-2H3. The fraction of sp³-hybridized carbons (Fsp3) is 1.00. The van der Waals surface area contributed by atoms with Gasteiger partial charge in [-0.1, -0.05) is 91.4 Å². The van der Waals surface area contributed by atoms with Crippen molar-refractivity contribution in [2.45, 2.75) is 142 Å². The van der Waals surface area contributed by atoms with Crippen LogP contribution in [0, 0.1) is 0 Å². The topological polar surface area (TPSA) is 25.1 Å². The summed E-state index contributed by atoms with van der Waals surface area (Å²) in [4.78, 5) is 0. The zero-order valence-corrected chi connectivity index (χ0v) is 17.0. The highest BCUT2D eigenvalue weighted by atomic mass is 16.6. The highest BCUT2D eigenvalue weighted by molar-refractivity contribution is 4.82. The van der Waals surface area contributed by atoms with E-state index in [1.54, 1.807) is 0 Å². The number of hydrogen-bond acceptors (Lipinski definition) is 2. The number of ether oxygens (including phenoxy) is 2. The van der Waals surface area contributed by atoms with Gasteiger partial charge in [0.1, 0.15) is 0 Å². The van der Waals surface area contributed by atoms with Crippen LogP contribution in [0.3, 0.4) is 0 Å². The zero-order valence-electron chi connectivity index (χ0n) is 17.0. The van der Waals surface area contributed by atoms with E-state index in [4.69, 9.17) is 9.47 Å². The lowest BCUT2D eigenvalue weighted by Crippen LogP contribution is -1.91. The Balaban J connectivity index is 0.000000240. The second-order valence-corrected chi connectivity index (χ2v) is 7.76. The van der Waals surface area contributed by atoms with Gasteiger partial charge in [0.15, 0.2) is 0 Å². The van der Waals surface area contributed by atoms with Gasteiger partial charge in [0.25, 0.3) is 0 Å². The van der Waals surface area contributed by atoms with E-state index in [1.807, 2.05) is 0 Å². The van der Waals surface area contributed by atoms with Crippen molar-refractivity contribution in [1.29, 1.82) is 0 Å². The monoisotopic (exact) mass is 340 g/mol. The van der Waals surface area contributed by atoms with Gasteiger partial charge in [-0.3, -0.25) is 0 Å². The number of unbranched alkanes of at least 4 members (excludes halogenated alkanes) is 9. The molecule has 0 saturated carbocycles. The van der Waals surface area contributed by atoms with E-state index in [0.29, 0.717) is 24.4 Å². The number of hydrogen-bond donors (Lipinski definition) is 0. The molecule has 2 fully saturated rings. The van der Waals surface area contributed by atoms with Gasteiger partial charge < -0.3 is 9.47 Å². The Hall–Kier alpha value is -0.0800. The first kappa shape index (κ1) is 22.0. The van der Waals surface area contributed by atoms with E-state index in [9.17, 15) is 0 Å². The lowest BCUT2D eigenvalue weighted by molar-refractivity contribution is 0.355. The van der Waals surface area contributed by atoms with Crippen LogP contribution in [0.2, 0.25) is 0 Å². The molecule has 0 radical (unpaired) electrons. The molecule has 0 N–H and O–H groups in total. The van der Waals surface area contributed by atoms with Gasteiger partial charge in [-0.2, -0.15) is 0 Å². The molecule has 2 heterocycles. The van der Waals surface area contributed by atoms with Crippen LogP contribution in [0.5, 0.6) is 0 Å². The molecule has 4 atom stereocenters. The van der Waals surface area contributed by atoms with Gasteiger partial charge in [0, 0.05) is 0 Å². The number of epoxide rings is 2. The fourth-order valence-corrected chi connectivity index (χ4v) is 3.40. The van der Waals surface area contributed by atoms with Gasteiger partial charge >= 0.3 is 0 Å². The van der Waals surface area contributed by atoms with E-state index in [2.05, 4.69) is 27.7 Å². The second kappa shape index (κ2) is 14.1. The molecule has 2 nitrogen and oxygen atoms in total. The molecular weight excluding hydrogens is 296 g/mol. The maximum Gasteiger partial charge on any atom is 0.0841 e. The third-order valence-corrected chi connectivity index (χ3v) is 5.36. The van der Waals surface area contributed by atoms with E-state index >= 15 is 0 Å². The molecule has 2 aliphatic heterocycles. The van der Waals surface area contributed by atoms with Crippen molar-refractivity contribution in [1.82, 2.24) is 0 Å². The van der Waals surface area contributed by atoms with E-state index in [1.165, 1.54) is 89.9 Å². The minimum atomic E-state index is 0.570. The summed E-state index contributed by atoms with van der Waals surface area (Å²) in [5, 5.41) is 0. The lowest BCUT2D eigenvalue weighted by Gasteiger charge is -1.98. The largest absolute Gasteiger partial charge is 0.370 e. The molecule has 2 rings (SSSR count). The molecular formula is C22H44O2. The second-order valence-electron chi connectivity index (χ2n) is 7.76. The Morgan fingerprint density at radius 3 is 1.42 bits per heavy atom. The first-order chi connectivity index (χ1) is 11.7. The van der Waals surface area contributed by atoms with Crippen LogP contribution in [0.4, 0.5) is 0 Å². The average molecular weight is 341 g/mol. The maximum atomic E-state index is 5.47. The summed E-state index contributed by atoms with van der Waals surface area (Å²) in [5.74, 6) is 0. The predicted octanol–water partition coefficient (Wildman–Crippen LogP) is 7.05. The fourth-order valence-electron chi connectivity index (χ4n) is 3.40. The third-order valence-electron chi connectivity index (χ3n) is 5.36. The van der Waals surface area contributed by atoms with Crippen LogP contribution >= 0.6 is 0 Å². The van der Waals surface area contributed by atoms with Gasteiger partial charge in [0.2, 0.25) is 0 Å². The highest BCUT2D eigenvalue weighted by Crippen LogP contribution is 2.29. The molecule has 2 heteroatoms. The minimum Gasteiger partial charge on any atom is -0.370 e. The zero-order chi connectivity index (χ0) is 17.6. The van der Waals surface area contributed by atoms with Crippen molar-refractivity contribution in [2.24, 2.45) is 0 Å². The molecule has 4 unspecified atom stereocenters. The third kappa shape index (κ3) is 11.5. The van der Waals surface area contributed by atoms with Crippen LogP contribution in [-0.4, -0.2) is 24.4 Å². The summed E-state index contributed by atoms with van der Waals surface area (Å²) < 4.78 is 10.8. The van der Waals surface area contributed by atoms with Crippen molar-refractivity contribution in [3.63, 3.8) is 0 Å². The van der Waals surface area contributed by atoms with E-state index < -0.39 is 0 Å². The van der Waals surface area contributed by atoms with E-state index in [0.717, 1.165) is 0 Å². The quantitative estimate of drug-likeness (QED) is 0.250. The van der Waals surface area contributed by atoms with Crippen LogP contribution in [-0.2, 0) is 9.47 Å². The summed E-state index contributed by atoms with van der Waals surface area (Å²) in [7, 11) is 0. The van der Waals surface area contributed by atoms with Crippen LogP contribution < -0.4 is 0 Å². The van der Waals surface area contributed by atoms with Gasteiger partial charge in [-0.25, -0.2) is 0 Å². The molecule has 24 heavy (non-hydrogen) atoms. The Labute approximate surface area is 152 Å². The van der Waals surface area contributed by atoms with Crippen molar-refractivity contribution < 1.29 is 9.47 Å². The van der Waals surface area contributed by atoms with Gasteiger partial charge in [-0.15, -0.1) is 0 Å². The first-order valence-corrected chi connectivity index (χ1v) is 11.0. The Bertz CT molecular complexity index is 279. The Morgan fingerprint density at radius 2 is 1.00 bits per heavy atom. The Morgan fingerprint density at radius 1 is 0.542 bits per heavy atom. The maximum absolute atomic E-state index is 5.47. The lowest BCUT2D eigenvalue weighted by atomic mass is 10.1. The predicted molar refractivity (Wildman–Crippen MR) is 105 cm³/mol.